The van der Waals surface area contributed by atoms with Gasteiger partial charge in [-0.05, 0) is 58.7 Å². The number of likely N-dealkylation sites (tertiary alicyclic amines) is 1. The van der Waals surface area contributed by atoms with Crippen molar-refractivity contribution >= 4 is 56.5 Å². The van der Waals surface area contributed by atoms with Gasteiger partial charge in [-0.3, -0.25) is 29.4 Å². The molecule has 0 saturated carbocycles. The van der Waals surface area contributed by atoms with Gasteiger partial charge < -0.3 is 9.32 Å². The van der Waals surface area contributed by atoms with Crippen LogP contribution in [0.5, 0.6) is 0 Å². The minimum Gasteiger partial charge on any atom is -0.457 e. The van der Waals surface area contributed by atoms with E-state index in [-0.39, 0.29) is 23.0 Å². The Morgan fingerprint density at radius 2 is 1.88 bits per heavy atom. The van der Waals surface area contributed by atoms with Crippen molar-refractivity contribution in [3.05, 3.63) is 55.6 Å². The number of hydrogen-bond donors (Lipinski definition) is 0. The van der Waals surface area contributed by atoms with Gasteiger partial charge >= 0.3 is 0 Å². The smallest absolute Gasteiger partial charge is 0.294 e. The molecule has 0 aliphatic carbocycles. The molecule has 4 rings (SSSR count). The van der Waals surface area contributed by atoms with Crippen LogP contribution in [0, 0.1) is 10.1 Å². The van der Waals surface area contributed by atoms with Crippen molar-refractivity contribution in [3.63, 3.8) is 0 Å². The van der Waals surface area contributed by atoms with Crippen molar-refractivity contribution in [1.82, 2.24) is 9.80 Å². The Labute approximate surface area is 202 Å². The molecule has 2 aromatic rings. The highest BCUT2D eigenvalue weighted by Crippen LogP contribution is 2.35. The second-order valence-corrected chi connectivity index (χ2v) is 9.53. The number of benzene rings is 1. The van der Waals surface area contributed by atoms with E-state index in [1.54, 1.807) is 23.1 Å². The van der Waals surface area contributed by atoms with Crippen LogP contribution in [0.25, 0.3) is 17.4 Å². The maximum Gasteiger partial charge on any atom is 0.294 e. The fourth-order valence-corrected chi connectivity index (χ4v) is 5.09. The standard InChI is InChI=1S/C22H20BrN3O6S/c23-17-11-14(26(30)31)5-7-16(17)18-8-6-15(32-18)12-19-21(28)25(22(29)33-19)13-20(27)24-9-3-1-2-4-10-24/h5-8,11-12H,1-4,9-10,13H2. The molecule has 2 aliphatic heterocycles. The first-order valence-electron chi connectivity index (χ1n) is 10.4. The number of non-ortho nitro benzene ring substituents is 1. The number of hydrogen-bond acceptors (Lipinski definition) is 7. The summed E-state index contributed by atoms with van der Waals surface area (Å²) in [5, 5.41) is 10.4. The molecule has 11 heteroatoms. The highest BCUT2D eigenvalue weighted by molar-refractivity contribution is 9.10. The molecule has 2 saturated heterocycles. The molecule has 0 N–H and O–H groups in total. The van der Waals surface area contributed by atoms with Crippen molar-refractivity contribution in [2.45, 2.75) is 25.7 Å². The quantitative estimate of drug-likeness (QED) is 0.299. The first-order chi connectivity index (χ1) is 15.8. The Bertz CT molecular complexity index is 1150. The topological polar surface area (TPSA) is 114 Å². The fraction of sp³-hybridized carbons (Fsp3) is 0.318. The summed E-state index contributed by atoms with van der Waals surface area (Å²) in [5.74, 6) is 0.0459. The van der Waals surface area contributed by atoms with Gasteiger partial charge in [0.15, 0.2) is 0 Å². The number of imide groups is 1. The van der Waals surface area contributed by atoms with E-state index >= 15 is 0 Å². The summed E-state index contributed by atoms with van der Waals surface area (Å²) in [4.78, 5) is 51.1. The number of nitrogens with zero attached hydrogens (tertiary/aromatic N) is 3. The zero-order chi connectivity index (χ0) is 23.5. The molecule has 0 bridgehead atoms. The van der Waals surface area contributed by atoms with Crippen molar-refractivity contribution in [2.75, 3.05) is 19.6 Å². The first kappa shape index (κ1) is 23.2. The van der Waals surface area contributed by atoms with Gasteiger partial charge in [-0.15, -0.1) is 0 Å². The van der Waals surface area contributed by atoms with E-state index in [2.05, 4.69) is 15.9 Å². The molecule has 1 aromatic carbocycles. The second-order valence-electron chi connectivity index (χ2n) is 7.69. The van der Waals surface area contributed by atoms with Gasteiger partial charge in [0, 0.05) is 41.3 Å². The van der Waals surface area contributed by atoms with Crippen LogP contribution in [0.4, 0.5) is 10.5 Å². The normalized spacial score (nSPS) is 18.2. The third-order valence-electron chi connectivity index (χ3n) is 5.45. The van der Waals surface area contributed by atoms with Crippen LogP contribution >= 0.6 is 27.7 Å². The molecule has 2 fully saturated rings. The Morgan fingerprint density at radius 1 is 1.15 bits per heavy atom. The number of carbonyl (C=O) groups excluding carboxylic acids is 3. The van der Waals surface area contributed by atoms with Gasteiger partial charge in [-0.25, -0.2) is 0 Å². The lowest BCUT2D eigenvalue weighted by molar-refractivity contribution is -0.384. The van der Waals surface area contributed by atoms with Gasteiger partial charge in [0.1, 0.15) is 18.1 Å². The summed E-state index contributed by atoms with van der Waals surface area (Å²) >= 11 is 4.08. The van der Waals surface area contributed by atoms with Crippen molar-refractivity contribution in [2.24, 2.45) is 0 Å². The Kier molecular flexibility index (Phi) is 6.99. The van der Waals surface area contributed by atoms with Gasteiger partial charge in [0.25, 0.3) is 16.8 Å². The number of rotatable bonds is 5. The fourth-order valence-electron chi connectivity index (χ4n) is 3.71. The van der Waals surface area contributed by atoms with E-state index in [1.807, 2.05) is 0 Å². The van der Waals surface area contributed by atoms with Crippen molar-refractivity contribution in [3.8, 4) is 11.3 Å². The summed E-state index contributed by atoms with van der Waals surface area (Å²) < 4.78 is 6.27. The minimum atomic E-state index is -0.525. The van der Waals surface area contributed by atoms with E-state index in [0.717, 1.165) is 42.3 Å². The van der Waals surface area contributed by atoms with Gasteiger partial charge in [0.05, 0.1) is 9.83 Å². The van der Waals surface area contributed by atoms with Crippen LogP contribution < -0.4 is 0 Å². The summed E-state index contributed by atoms with van der Waals surface area (Å²) in [6.45, 7) is 1.04. The molecule has 0 unspecified atom stereocenters. The van der Waals surface area contributed by atoms with E-state index in [4.69, 9.17) is 4.42 Å². The highest BCUT2D eigenvalue weighted by atomic mass is 79.9. The van der Waals surface area contributed by atoms with Crippen LogP contribution in [-0.4, -0.2) is 51.4 Å². The van der Waals surface area contributed by atoms with E-state index in [1.165, 1.54) is 18.2 Å². The summed E-state index contributed by atoms with van der Waals surface area (Å²) in [6.07, 6.45) is 5.48. The highest BCUT2D eigenvalue weighted by Gasteiger charge is 2.37. The minimum absolute atomic E-state index is 0.0548. The van der Waals surface area contributed by atoms with Crippen LogP contribution in [0.15, 0.2) is 44.1 Å². The lowest BCUT2D eigenvalue weighted by atomic mass is 10.1. The summed E-state index contributed by atoms with van der Waals surface area (Å²) in [6, 6.07) is 7.62. The Hall–Kier alpha value is -2.92. The zero-order valence-corrected chi connectivity index (χ0v) is 19.9. The van der Waals surface area contributed by atoms with Crippen LogP contribution in [0.2, 0.25) is 0 Å². The molecule has 3 amide bonds. The molecule has 9 nitrogen and oxygen atoms in total. The van der Waals surface area contributed by atoms with Crippen molar-refractivity contribution < 1.29 is 23.7 Å². The zero-order valence-electron chi connectivity index (χ0n) is 17.5. The number of nitro groups is 1. The third kappa shape index (κ3) is 5.19. The molecule has 2 aliphatic rings. The van der Waals surface area contributed by atoms with Crippen LogP contribution in [0.1, 0.15) is 31.4 Å². The SMILES string of the molecule is O=C(CN1C(=O)SC(=Cc2ccc(-c3ccc([N+](=O)[O-])cc3Br)o2)C1=O)N1CCCCCC1. The molecule has 3 heterocycles. The van der Waals surface area contributed by atoms with E-state index < -0.39 is 16.1 Å². The molecule has 0 atom stereocenters. The average molecular weight is 534 g/mol. The Balaban J connectivity index is 1.47. The van der Waals surface area contributed by atoms with E-state index in [0.29, 0.717) is 34.6 Å². The van der Waals surface area contributed by atoms with Crippen LogP contribution in [0.3, 0.4) is 0 Å². The lowest BCUT2D eigenvalue weighted by Gasteiger charge is -2.22. The van der Waals surface area contributed by atoms with Crippen molar-refractivity contribution in [1.29, 1.82) is 0 Å². The van der Waals surface area contributed by atoms with Gasteiger partial charge in [-0.1, -0.05) is 12.8 Å². The average Bonchev–Trinajstić information content (AvgIpc) is 3.20. The largest absolute Gasteiger partial charge is 0.457 e. The maximum absolute atomic E-state index is 12.8. The number of nitro benzene ring substituents is 1. The molecular weight excluding hydrogens is 514 g/mol. The molecule has 33 heavy (non-hydrogen) atoms. The molecule has 1 aromatic heterocycles. The molecular formula is C22H20BrN3O6S. The maximum atomic E-state index is 12.8. The first-order valence-corrected chi connectivity index (χ1v) is 12.0. The van der Waals surface area contributed by atoms with Gasteiger partial charge in [-0.2, -0.15) is 0 Å². The molecule has 0 radical (unpaired) electrons. The summed E-state index contributed by atoms with van der Waals surface area (Å²) in [5.41, 5.74) is 0.553. The van der Waals surface area contributed by atoms with E-state index in [9.17, 15) is 24.5 Å². The summed E-state index contributed by atoms with van der Waals surface area (Å²) in [7, 11) is 0. The predicted molar refractivity (Wildman–Crippen MR) is 126 cm³/mol. The number of halogens is 1. The molecule has 0 spiro atoms. The Morgan fingerprint density at radius 3 is 2.55 bits per heavy atom. The number of amides is 3. The second kappa shape index (κ2) is 9.92. The number of furan rings is 1. The monoisotopic (exact) mass is 533 g/mol. The van der Waals surface area contributed by atoms with Crippen LogP contribution in [-0.2, 0) is 9.59 Å². The lowest BCUT2D eigenvalue weighted by Crippen LogP contribution is -2.42. The van der Waals surface area contributed by atoms with Gasteiger partial charge in [0.2, 0.25) is 5.91 Å². The third-order valence-corrected chi connectivity index (χ3v) is 7.02. The predicted octanol–water partition coefficient (Wildman–Crippen LogP) is 5.06. The number of carbonyl (C=O) groups is 3. The number of thioether (sulfide) groups is 1. The molecule has 172 valence electrons.